The third-order valence-corrected chi connectivity index (χ3v) is 1.95. The summed E-state index contributed by atoms with van der Waals surface area (Å²) in [5.74, 6) is -0.987. The number of nitrogens with two attached hydrogens (primary N) is 2. The number of carbonyl (C=O) groups excluding carboxylic acids is 1. The summed E-state index contributed by atoms with van der Waals surface area (Å²) in [5, 5.41) is 0. The quantitative estimate of drug-likeness (QED) is 0.838. The molecule has 0 aromatic heterocycles. The highest BCUT2D eigenvalue weighted by atomic mass is 19.4. The monoisotopic (exact) mass is 248 g/mol. The molecule has 4 nitrogen and oxygen atoms in total. The first kappa shape index (κ1) is 13.3. The number of carbonyl (C=O) groups is 1. The molecule has 0 bridgehead atoms. The molecule has 17 heavy (non-hydrogen) atoms. The fourth-order valence-corrected chi connectivity index (χ4v) is 1.19. The zero-order valence-corrected chi connectivity index (χ0v) is 8.75. The molecule has 0 aliphatic carbocycles. The molecule has 0 atom stereocenters. The van der Waals surface area contributed by atoms with Gasteiger partial charge < -0.3 is 16.2 Å². The summed E-state index contributed by atoms with van der Waals surface area (Å²) in [6.45, 7) is 0.269. The van der Waals surface area contributed by atoms with E-state index in [1.54, 1.807) is 0 Å². The fourth-order valence-electron chi connectivity index (χ4n) is 1.19. The molecule has 0 heterocycles. The SMILES string of the molecule is NCCOc1ccc(C(F)(F)F)cc1C(N)=O. The van der Waals surface area contributed by atoms with Crippen LogP contribution in [0.25, 0.3) is 0 Å². The Bertz CT molecular complexity index is 419. The topological polar surface area (TPSA) is 78.3 Å². The molecule has 0 aliphatic rings. The maximum atomic E-state index is 12.4. The van der Waals surface area contributed by atoms with Crippen LogP contribution in [0.5, 0.6) is 5.75 Å². The number of ether oxygens (including phenoxy) is 1. The molecule has 1 aromatic rings. The molecule has 1 amide bonds. The van der Waals surface area contributed by atoms with Crippen molar-refractivity contribution < 1.29 is 22.7 Å². The van der Waals surface area contributed by atoms with E-state index in [1.807, 2.05) is 0 Å². The van der Waals surface area contributed by atoms with Gasteiger partial charge in [0.15, 0.2) is 0 Å². The van der Waals surface area contributed by atoms with Crippen molar-refractivity contribution in [2.45, 2.75) is 6.18 Å². The standard InChI is InChI=1S/C10H11F3N2O2/c11-10(12,13)6-1-2-8(17-4-3-14)7(5-6)9(15)16/h1-2,5H,3-4,14H2,(H2,15,16). The highest BCUT2D eigenvalue weighted by Crippen LogP contribution is 2.32. The fraction of sp³-hybridized carbons (Fsp3) is 0.300. The first-order valence-electron chi connectivity index (χ1n) is 4.70. The highest BCUT2D eigenvalue weighted by molar-refractivity contribution is 5.95. The van der Waals surface area contributed by atoms with Gasteiger partial charge >= 0.3 is 6.18 Å². The summed E-state index contributed by atoms with van der Waals surface area (Å²) in [6, 6.07) is 2.53. The number of benzene rings is 1. The Balaban J connectivity index is 3.13. The van der Waals surface area contributed by atoms with Gasteiger partial charge in [-0.05, 0) is 18.2 Å². The van der Waals surface area contributed by atoms with Crippen molar-refractivity contribution in [1.82, 2.24) is 0 Å². The Morgan fingerprint density at radius 3 is 2.47 bits per heavy atom. The van der Waals surface area contributed by atoms with Crippen LogP contribution >= 0.6 is 0 Å². The minimum atomic E-state index is -4.53. The van der Waals surface area contributed by atoms with Crippen LogP contribution in [0.2, 0.25) is 0 Å². The average Bonchev–Trinajstić information content (AvgIpc) is 2.24. The third-order valence-electron chi connectivity index (χ3n) is 1.95. The van der Waals surface area contributed by atoms with Gasteiger partial charge in [0.1, 0.15) is 12.4 Å². The van der Waals surface area contributed by atoms with Crippen LogP contribution in [-0.4, -0.2) is 19.1 Å². The van der Waals surface area contributed by atoms with Crippen LogP contribution in [0.4, 0.5) is 13.2 Å². The zero-order valence-electron chi connectivity index (χ0n) is 8.75. The second-order valence-electron chi connectivity index (χ2n) is 3.21. The van der Waals surface area contributed by atoms with Crippen molar-refractivity contribution >= 4 is 5.91 Å². The van der Waals surface area contributed by atoms with E-state index < -0.39 is 17.6 Å². The van der Waals surface area contributed by atoms with Gasteiger partial charge in [-0.25, -0.2) is 0 Å². The van der Waals surface area contributed by atoms with Crippen LogP contribution < -0.4 is 16.2 Å². The molecule has 4 N–H and O–H groups in total. The lowest BCUT2D eigenvalue weighted by molar-refractivity contribution is -0.137. The average molecular weight is 248 g/mol. The van der Waals surface area contributed by atoms with Crippen LogP contribution in [0.1, 0.15) is 15.9 Å². The predicted octanol–water partition coefficient (Wildman–Crippen LogP) is 1.14. The van der Waals surface area contributed by atoms with Crippen molar-refractivity contribution in [3.8, 4) is 5.75 Å². The van der Waals surface area contributed by atoms with Gasteiger partial charge in [-0.2, -0.15) is 13.2 Å². The molecule has 0 aliphatic heterocycles. The molecule has 0 saturated heterocycles. The van der Waals surface area contributed by atoms with Gasteiger partial charge in [0, 0.05) is 6.54 Å². The second-order valence-corrected chi connectivity index (χ2v) is 3.21. The van der Waals surface area contributed by atoms with Crippen molar-refractivity contribution in [2.24, 2.45) is 11.5 Å². The molecule has 1 aromatic carbocycles. The molecule has 0 fully saturated rings. The van der Waals surface area contributed by atoms with Gasteiger partial charge in [0.25, 0.3) is 5.91 Å². The summed E-state index contributed by atoms with van der Waals surface area (Å²) in [6.07, 6.45) is -4.53. The van der Waals surface area contributed by atoms with E-state index in [0.717, 1.165) is 12.1 Å². The molecule has 94 valence electrons. The van der Waals surface area contributed by atoms with E-state index in [-0.39, 0.29) is 24.5 Å². The summed E-state index contributed by atoms with van der Waals surface area (Å²) in [5.41, 5.74) is 8.90. The Kier molecular flexibility index (Phi) is 3.95. The van der Waals surface area contributed by atoms with Crippen molar-refractivity contribution in [3.63, 3.8) is 0 Å². The second kappa shape index (κ2) is 5.05. The van der Waals surface area contributed by atoms with Crippen molar-refractivity contribution in [3.05, 3.63) is 29.3 Å². The molecule has 0 saturated carbocycles. The first-order valence-corrected chi connectivity index (χ1v) is 4.70. The molecular formula is C10H11F3N2O2. The van der Waals surface area contributed by atoms with E-state index in [1.165, 1.54) is 0 Å². The maximum absolute atomic E-state index is 12.4. The number of hydrogen-bond donors (Lipinski definition) is 2. The van der Waals surface area contributed by atoms with Crippen LogP contribution in [0.15, 0.2) is 18.2 Å². The van der Waals surface area contributed by atoms with Crippen molar-refractivity contribution in [2.75, 3.05) is 13.2 Å². The van der Waals surface area contributed by atoms with Crippen LogP contribution in [0, 0.1) is 0 Å². The number of rotatable bonds is 4. The largest absolute Gasteiger partial charge is 0.491 e. The Morgan fingerprint density at radius 1 is 1.35 bits per heavy atom. The van der Waals surface area contributed by atoms with Crippen LogP contribution in [-0.2, 0) is 6.18 Å². The first-order chi connectivity index (χ1) is 7.86. The molecule has 0 spiro atoms. The molecule has 0 unspecified atom stereocenters. The molecule has 7 heteroatoms. The maximum Gasteiger partial charge on any atom is 0.416 e. The normalized spacial score (nSPS) is 11.3. The number of amides is 1. The van der Waals surface area contributed by atoms with E-state index in [2.05, 4.69) is 0 Å². The summed E-state index contributed by atoms with van der Waals surface area (Å²) in [7, 11) is 0. The van der Waals surface area contributed by atoms with Gasteiger partial charge in [-0.15, -0.1) is 0 Å². The lowest BCUT2D eigenvalue weighted by Crippen LogP contribution is -2.17. The number of primary amides is 1. The number of hydrogen-bond acceptors (Lipinski definition) is 3. The lowest BCUT2D eigenvalue weighted by atomic mass is 10.1. The van der Waals surface area contributed by atoms with Gasteiger partial charge in [-0.3, -0.25) is 4.79 Å². The summed E-state index contributed by atoms with van der Waals surface area (Å²) < 4.78 is 42.2. The summed E-state index contributed by atoms with van der Waals surface area (Å²) >= 11 is 0. The summed E-state index contributed by atoms with van der Waals surface area (Å²) in [4.78, 5) is 11.0. The van der Waals surface area contributed by atoms with Crippen LogP contribution in [0.3, 0.4) is 0 Å². The van der Waals surface area contributed by atoms with E-state index >= 15 is 0 Å². The van der Waals surface area contributed by atoms with E-state index in [9.17, 15) is 18.0 Å². The van der Waals surface area contributed by atoms with Gasteiger partial charge in [-0.1, -0.05) is 0 Å². The minimum absolute atomic E-state index is 0.00375. The Morgan fingerprint density at radius 2 is 2.00 bits per heavy atom. The van der Waals surface area contributed by atoms with Crippen molar-refractivity contribution in [1.29, 1.82) is 0 Å². The Labute approximate surface area is 95.3 Å². The molecule has 1 rings (SSSR count). The minimum Gasteiger partial charge on any atom is -0.491 e. The molecular weight excluding hydrogens is 237 g/mol. The highest BCUT2D eigenvalue weighted by Gasteiger charge is 2.31. The zero-order chi connectivity index (χ0) is 13.1. The third kappa shape index (κ3) is 3.35. The van der Waals surface area contributed by atoms with Gasteiger partial charge in [0.05, 0.1) is 11.1 Å². The van der Waals surface area contributed by atoms with E-state index in [0.29, 0.717) is 6.07 Å². The van der Waals surface area contributed by atoms with Gasteiger partial charge in [0.2, 0.25) is 0 Å². The number of halogens is 3. The smallest absolute Gasteiger partial charge is 0.416 e. The van der Waals surface area contributed by atoms with E-state index in [4.69, 9.17) is 16.2 Å². The number of alkyl halides is 3. The Hall–Kier alpha value is -1.76. The lowest BCUT2D eigenvalue weighted by Gasteiger charge is -2.12. The molecule has 0 radical (unpaired) electrons. The predicted molar refractivity (Wildman–Crippen MR) is 54.5 cm³/mol.